The molecule has 1 saturated heterocycles. The van der Waals surface area contributed by atoms with E-state index in [0.717, 1.165) is 35.4 Å². The second-order valence-electron chi connectivity index (χ2n) is 9.41. The van der Waals surface area contributed by atoms with Crippen LogP contribution in [0.5, 0.6) is 0 Å². The average molecular weight is 424 g/mol. The molecule has 1 unspecified atom stereocenters. The number of halogens is 1. The molecular formula is C26H30ClNO2. The molecular weight excluding hydrogens is 394 g/mol. The molecule has 1 spiro atoms. The topological polar surface area (TPSA) is 40.5 Å². The third-order valence-corrected chi connectivity index (χ3v) is 7.34. The summed E-state index contributed by atoms with van der Waals surface area (Å²) in [5.74, 6) is 0.124. The fourth-order valence-electron chi connectivity index (χ4n) is 5.27. The third kappa shape index (κ3) is 3.81. The van der Waals surface area contributed by atoms with Crippen molar-refractivity contribution in [1.82, 2.24) is 4.90 Å². The van der Waals surface area contributed by atoms with Crippen molar-refractivity contribution in [2.45, 2.75) is 57.0 Å². The number of rotatable bonds is 3. The molecule has 4 rings (SSSR count). The maximum atomic E-state index is 12.8. The van der Waals surface area contributed by atoms with Gasteiger partial charge in [-0.05, 0) is 74.4 Å². The Morgan fingerprint density at radius 2 is 1.87 bits per heavy atom. The van der Waals surface area contributed by atoms with Crippen molar-refractivity contribution in [1.29, 1.82) is 0 Å². The van der Waals surface area contributed by atoms with Gasteiger partial charge < -0.3 is 10.0 Å². The maximum Gasteiger partial charge on any atom is 0.246 e. The van der Waals surface area contributed by atoms with Crippen LogP contribution in [-0.4, -0.2) is 34.6 Å². The van der Waals surface area contributed by atoms with Crippen LogP contribution in [0.3, 0.4) is 0 Å². The van der Waals surface area contributed by atoms with Crippen molar-refractivity contribution in [3.63, 3.8) is 0 Å². The van der Waals surface area contributed by atoms with Gasteiger partial charge in [-0.15, -0.1) is 0 Å². The Kier molecular flexibility index (Phi) is 5.54. The van der Waals surface area contributed by atoms with Crippen molar-refractivity contribution in [3.8, 4) is 0 Å². The lowest BCUT2D eigenvalue weighted by atomic mass is 9.72. The zero-order valence-corrected chi connectivity index (χ0v) is 18.7. The molecule has 4 heteroatoms. The average Bonchev–Trinajstić information content (AvgIpc) is 3.03. The van der Waals surface area contributed by atoms with E-state index in [1.807, 2.05) is 55.2 Å². The molecule has 30 heavy (non-hydrogen) atoms. The van der Waals surface area contributed by atoms with Crippen LogP contribution in [0.4, 0.5) is 0 Å². The molecule has 2 aromatic carbocycles. The molecule has 1 N–H and O–H groups in total. The highest BCUT2D eigenvalue weighted by atomic mass is 35.5. The van der Waals surface area contributed by atoms with E-state index in [1.54, 1.807) is 6.08 Å². The van der Waals surface area contributed by atoms with Gasteiger partial charge >= 0.3 is 0 Å². The van der Waals surface area contributed by atoms with Crippen LogP contribution in [-0.2, 0) is 10.2 Å². The van der Waals surface area contributed by atoms with E-state index in [9.17, 15) is 9.90 Å². The Hall–Kier alpha value is -2.10. The first-order valence-corrected chi connectivity index (χ1v) is 11.1. The number of amides is 1. The molecule has 0 radical (unpaired) electrons. The van der Waals surface area contributed by atoms with Crippen molar-refractivity contribution in [3.05, 3.63) is 75.8 Å². The summed E-state index contributed by atoms with van der Waals surface area (Å²) in [7, 11) is 0. The Bertz CT molecular complexity index is 981. The van der Waals surface area contributed by atoms with E-state index in [-0.39, 0.29) is 17.2 Å². The molecule has 1 fully saturated rings. The lowest BCUT2D eigenvalue weighted by Crippen LogP contribution is -2.44. The zero-order chi connectivity index (χ0) is 21.5. The largest absolute Gasteiger partial charge is 0.390 e. The van der Waals surface area contributed by atoms with Gasteiger partial charge in [0.25, 0.3) is 0 Å². The fraction of sp³-hybridized carbons (Fsp3) is 0.423. The van der Waals surface area contributed by atoms with E-state index in [4.69, 9.17) is 11.6 Å². The Labute approximate surface area is 184 Å². The smallest absolute Gasteiger partial charge is 0.246 e. The summed E-state index contributed by atoms with van der Waals surface area (Å²) in [5, 5.41) is 11.6. The normalized spacial score (nSPS) is 20.7. The predicted molar refractivity (Wildman–Crippen MR) is 123 cm³/mol. The minimum atomic E-state index is -0.799. The first-order valence-electron chi connectivity index (χ1n) is 10.8. The standard InChI is InChI=1S/C26H30ClNO2/c1-18-7-4-5-8-19(18)11-12-23(29)28-15-13-26(14-16-28)17-21(25(2,3)30)20-9-6-10-22(27)24(20)26/h4-12,21,30H,13-17H2,1-3H3/b12-11+. The SMILES string of the molecule is Cc1ccccc1/C=C/C(=O)N1CCC2(CC1)CC(C(C)(C)O)c1cccc(Cl)c12. The van der Waals surface area contributed by atoms with Gasteiger partial charge in [-0.1, -0.05) is 48.0 Å². The molecule has 1 atom stereocenters. The number of aliphatic hydroxyl groups is 1. The highest BCUT2D eigenvalue weighted by molar-refractivity contribution is 6.31. The first kappa shape index (κ1) is 21.1. The van der Waals surface area contributed by atoms with Gasteiger partial charge in [0.15, 0.2) is 0 Å². The van der Waals surface area contributed by atoms with Crippen LogP contribution >= 0.6 is 11.6 Å². The van der Waals surface area contributed by atoms with E-state index < -0.39 is 5.60 Å². The number of carbonyl (C=O) groups is 1. The van der Waals surface area contributed by atoms with Crippen molar-refractivity contribution in [2.24, 2.45) is 0 Å². The Morgan fingerprint density at radius 3 is 2.53 bits per heavy atom. The van der Waals surface area contributed by atoms with E-state index >= 15 is 0 Å². The lowest BCUT2D eigenvalue weighted by Gasteiger charge is -2.41. The molecule has 2 aliphatic rings. The number of hydrogen-bond donors (Lipinski definition) is 1. The van der Waals surface area contributed by atoms with E-state index in [0.29, 0.717) is 13.1 Å². The van der Waals surface area contributed by atoms with Crippen molar-refractivity contribution in [2.75, 3.05) is 13.1 Å². The minimum Gasteiger partial charge on any atom is -0.390 e. The summed E-state index contributed by atoms with van der Waals surface area (Å²) < 4.78 is 0. The molecule has 0 saturated carbocycles. The quantitative estimate of drug-likeness (QED) is 0.664. The number of benzene rings is 2. The van der Waals surface area contributed by atoms with Gasteiger partial charge in [-0.3, -0.25) is 4.79 Å². The zero-order valence-electron chi connectivity index (χ0n) is 18.0. The third-order valence-electron chi connectivity index (χ3n) is 7.03. The Balaban J connectivity index is 1.52. The molecule has 1 aliphatic carbocycles. The number of likely N-dealkylation sites (tertiary alicyclic amines) is 1. The number of hydrogen-bond acceptors (Lipinski definition) is 2. The highest BCUT2D eigenvalue weighted by Crippen LogP contribution is 2.56. The molecule has 1 aliphatic heterocycles. The number of aryl methyl sites for hydroxylation is 1. The second kappa shape index (κ2) is 7.86. The molecule has 2 aromatic rings. The van der Waals surface area contributed by atoms with Crippen LogP contribution < -0.4 is 0 Å². The van der Waals surface area contributed by atoms with Gasteiger partial charge in [-0.25, -0.2) is 0 Å². The summed E-state index contributed by atoms with van der Waals surface area (Å²) in [6.07, 6.45) is 6.24. The summed E-state index contributed by atoms with van der Waals surface area (Å²) >= 11 is 6.67. The molecule has 1 heterocycles. The minimum absolute atomic E-state index is 0.0597. The number of nitrogens with zero attached hydrogens (tertiary/aromatic N) is 1. The van der Waals surface area contributed by atoms with Crippen LogP contribution in [0.2, 0.25) is 5.02 Å². The van der Waals surface area contributed by atoms with E-state index in [1.165, 1.54) is 11.1 Å². The van der Waals surface area contributed by atoms with E-state index in [2.05, 4.69) is 19.1 Å². The highest BCUT2D eigenvalue weighted by Gasteiger charge is 2.50. The fourth-order valence-corrected chi connectivity index (χ4v) is 5.66. The monoisotopic (exact) mass is 423 g/mol. The summed E-state index contributed by atoms with van der Waals surface area (Å²) in [6.45, 7) is 7.24. The molecule has 1 amide bonds. The van der Waals surface area contributed by atoms with Gasteiger partial charge in [0.05, 0.1) is 5.60 Å². The van der Waals surface area contributed by atoms with Gasteiger partial charge in [0.1, 0.15) is 0 Å². The Morgan fingerprint density at radius 1 is 1.17 bits per heavy atom. The van der Waals surface area contributed by atoms with Gasteiger partial charge in [0, 0.05) is 35.5 Å². The van der Waals surface area contributed by atoms with Gasteiger partial charge in [-0.2, -0.15) is 0 Å². The van der Waals surface area contributed by atoms with Crippen LogP contribution in [0.15, 0.2) is 48.5 Å². The molecule has 0 aromatic heterocycles. The van der Waals surface area contributed by atoms with Gasteiger partial charge in [0.2, 0.25) is 5.91 Å². The lowest BCUT2D eigenvalue weighted by molar-refractivity contribution is -0.127. The van der Waals surface area contributed by atoms with Crippen molar-refractivity contribution >= 4 is 23.6 Å². The summed E-state index contributed by atoms with van der Waals surface area (Å²) in [6, 6.07) is 14.1. The molecule has 3 nitrogen and oxygen atoms in total. The van der Waals surface area contributed by atoms with Crippen LogP contribution in [0.25, 0.3) is 6.08 Å². The molecule has 0 bridgehead atoms. The second-order valence-corrected chi connectivity index (χ2v) is 9.82. The maximum absolute atomic E-state index is 12.8. The summed E-state index contributed by atoms with van der Waals surface area (Å²) in [4.78, 5) is 14.7. The number of piperidine rings is 1. The number of carbonyl (C=O) groups excluding carboxylic acids is 1. The van der Waals surface area contributed by atoms with Crippen LogP contribution in [0, 0.1) is 6.92 Å². The summed E-state index contributed by atoms with van der Waals surface area (Å²) in [5.41, 5.74) is 3.74. The van der Waals surface area contributed by atoms with Crippen molar-refractivity contribution < 1.29 is 9.90 Å². The number of fused-ring (bicyclic) bond motifs is 2. The first-order chi connectivity index (χ1) is 14.2. The molecule has 158 valence electrons. The predicted octanol–water partition coefficient (Wildman–Crippen LogP) is 5.48. The van der Waals surface area contributed by atoms with Crippen LogP contribution in [0.1, 0.15) is 61.3 Å².